The SMILES string of the molecule is C[C@@H]1CN(c2ccccc2)c2nc3c(c(=O)n(CC(=O)OCc4ccccc4)c(=O)n3C)n2C1. The van der Waals surface area contributed by atoms with E-state index in [1.54, 1.807) is 7.05 Å². The van der Waals surface area contributed by atoms with Gasteiger partial charge in [-0.1, -0.05) is 55.5 Å². The summed E-state index contributed by atoms with van der Waals surface area (Å²) in [4.78, 5) is 45.7. The lowest BCUT2D eigenvalue weighted by atomic mass is 10.1. The van der Waals surface area contributed by atoms with Crippen molar-refractivity contribution in [3.05, 3.63) is 87.1 Å². The van der Waals surface area contributed by atoms with Crippen molar-refractivity contribution in [2.24, 2.45) is 13.0 Å². The van der Waals surface area contributed by atoms with Gasteiger partial charge >= 0.3 is 11.7 Å². The summed E-state index contributed by atoms with van der Waals surface area (Å²) in [7, 11) is 1.56. The number of hydrogen-bond donors (Lipinski definition) is 0. The highest BCUT2D eigenvalue weighted by Gasteiger charge is 2.30. The minimum absolute atomic E-state index is 0.0720. The van der Waals surface area contributed by atoms with Crippen LogP contribution in [-0.2, 0) is 36.3 Å². The van der Waals surface area contributed by atoms with Crippen molar-refractivity contribution in [1.82, 2.24) is 18.7 Å². The van der Waals surface area contributed by atoms with E-state index in [-0.39, 0.29) is 12.5 Å². The number of para-hydroxylation sites is 1. The molecule has 0 spiro atoms. The summed E-state index contributed by atoms with van der Waals surface area (Å²) in [6.07, 6.45) is 0. The monoisotopic (exact) mass is 459 g/mol. The number of hydrogen-bond acceptors (Lipinski definition) is 6. The van der Waals surface area contributed by atoms with E-state index in [0.29, 0.717) is 23.7 Å². The maximum absolute atomic E-state index is 13.5. The second kappa shape index (κ2) is 8.66. The maximum Gasteiger partial charge on any atom is 0.333 e. The second-order valence-corrected chi connectivity index (χ2v) is 8.63. The lowest BCUT2D eigenvalue weighted by Crippen LogP contribution is -2.42. The third kappa shape index (κ3) is 3.79. The molecule has 5 rings (SSSR count). The molecular weight excluding hydrogens is 434 g/mol. The summed E-state index contributed by atoms with van der Waals surface area (Å²) in [6, 6.07) is 19.1. The average Bonchev–Trinajstić information content (AvgIpc) is 3.24. The highest BCUT2D eigenvalue weighted by atomic mass is 16.5. The molecule has 0 radical (unpaired) electrons. The lowest BCUT2D eigenvalue weighted by molar-refractivity contribution is -0.145. The van der Waals surface area contributed by atoms with E-state index in [2.05, 4.69) is 16.8 Å². The molecular formula is C25H25N5O4. The predicted octanol–water partition coefficient (Wildman–Crippen LogP) is 2.43. The van der Waals surface area contributed by atoms with Gasteiger partial charge in [0.05, 0.1) is 0 Å². The molecule has 4 aromatic rings. The molecule has 1 aliphatic heterocycles. The lowest BCUT2D eigenvalue weighted by Gasteiger charge is -2.32. The summed E-state index contributed by atoms with van der Waals surface area (Å²) in [5.74, 6) is 0.196. The Kier molecular flexibility index (Phi) is 5.53. The van der Waals surface area contributed by atoms with Gasteiger partial charge in [0.15, 0.2) is 11.2 Å². The molecule has 1 atom stereocenters. The minimum Gasteiger partial charge on any atom is -0.459 e. The number of esters is 1. The first-order valence-electron chi connectivity index (χ1n) is 11.2. The van der Waals surface area contributed by atoms with Crippen LogP contribution < -0.4 is 16.1 Å². The molecule has 0 unspecified atom stereocenters. The number of carbonyl (C=O) groups excluding carboxylic acids is 1. The molecule has 0 aliphatic carbocycles. The molecule has 0 fully saturated rings. The Balaban J connectivity index is 1.54. The van der Waals surface area contributed by atoms with Crippen LogP contribution in [0.25, 0.3) is 11.2 Å². The van der Waals surface area contributed by atoms with Crippen molar-refractivity contribution >= 4 is 28.8 Å². The van der Waals surface area contributed by atoms with Crippen molar-refractivity contribution in [3.63, 3.8) is 0 Å². The van der Waals surface area contributed by atoms with Gasteiger partial charge in [0.1, 0.15) is 13.2 Å². The first-order valence-corrected chi connectivity index (χ1v) is 11.2. The number of aromatic nitrogens is 4. The van der Waals surface area contributed by atoms with Crippen LogP contribution in [0.2, 0.25) is 0 Å². The molecule has 0 N–H and O–H groups in total. The molecule has 9 nitrogen and oxygen atoms in total. The van der Waals surface area contributed by atoms with Gasteiger partial charge in [-0.05, 0) is 23.6 Å². The third-order valence-electron chi connectivity index (χ3n) is 6.04. The first-order chi connectivity index (χ1) is 16.4. The highest BCUT2D eigenvalue weighted by molar-refractivity contribution is 5.77. The molecule has 0 amide bonds. The fourth-order valence-electron chi connectivity index (χ4n) is 4.38. The maximum atomic E-state index is 13.5. The molecule has 0 saturated carbocycles. The summed E-state index contributed by atoms with van der Waals surface area (Å²) in [5.41, 5.74) is 1.24. The number of fused-ring (bicyclic) bond motifs is 3. The van der Waals surface area contributed by atoms with Crippen LogP contribution in [0.1, 0.15) is 12.5 Å². The Morgan fingerprint density at radius 3 is 2.41 bits per heavy atom. The van der Waals surface area contributed by atoms with Crippen molar-refractivity contribution in [2.45, 2.75) is 26.6 Å². The molecule has 0 saturated heterocycles. The van der Waals surface area contributed by atoms with Crippen molar-refractivity contribution in [3.8, 4) is 0 Å². The predicted molar refractivity (Wildman–Crippen MR) is 128 cm³/mol. The number of aryl methyl sites for hydroxylation is 1. The number of anilines is 2. The zero-order chi connectivity index (χ0) is 23.8. The van der Waals surface area contributed by atoms with E-state index in [1.165, 1.54) is 4.57 Å². The minimum atomic E-state index is -0.653. The van der Waals surface area contributed by atoms with Gasteiger partial charge in [0.25, 0.3) is 5.56 Å². The number of benzene rings is 2. The second-order valence-electron chi connectivity index (χ2n) is 8.63. The number of imidazole rings is 1. The number of nitrogens with zero attached hydrogens (tertiary/aromatic N) is 5. The Hall–Kier alpha value is -4.14. The fraction of sp³-hybridized carbons (Fsp3) is 0.280. The van der Waals surface area contributed by atoms with Crippen LogP contribution in [0.15, 0.2) is 70.3 Å². The van der Waals surface area contributed by atoms with Gasteiger partial charge in [-0.15, -0.1) is 0 Å². The van der Waals surface area contributed by atoms with E-state index in [1.807, 2.05) is 65.2 Å². The molecule has 2 aromatic carbocycles. The number of carbonyl (C=O) groups is 1. The summed E-state index contributed by atoms with van der Waals surface area (Å²) in [6.45, 7) is 3.03. The number of ether oxygens (including phenoxy) is 1. The highest BCUT2D eigenvalue weighted by Crippen LogP contribution is 2.32. The van der Waals surface area contributed by atoms with Crippen molar-refractivity contribution < 1.29 is 9.53 Å². The zero-order valence-corrected chi connectivity index (χ0v) is 19.0. The molecule has 2 aromatic heterocycles. The fourth-order valence-corrected chi connectivity index (χ4v) is 4.38. The smallest absolute Gasteiger partial charge is 0.333 e. The Bertz CT molecular complexity index is 1470. The third-order valence-corrected chi connectivity index (χ3v) is 6.04. The van der Waals surface area contributed by atoms with E-state index >= 15 is 0 Å². The van der Waals surface area contributed by atoms with E-state index in [0.717, 1.165) is 22.4 Å². The van der Waals surface area contributed by atoms with Gasteiger partial charge in [-0.3, -0.25) is 14.2 Å². The van der Waals surface area contributed by atoms with Crippen LogP contribution in [0.3, 0.4) is 0 Å². The molecule has 3 heterocycles. The average molecular weight is 460 g/mol. The van der Waals surface area contributed by atoms with Crippen LogP contribution in [0.5, 0.6) is 0 Å². The van der Waals surface area contributed by atoms with Crippen LogP contribution in [0, 0.1) is 5.92 Å². The summed E-state index contributed by atoms with van der Waals surface area (Å²) < 4.78 is 9.40. The Morgan fingerprint density at radius 1 is 1.03 bits per heavy atom. The first kappa shape index (κ1) is 21.7. The standard InChI is InChI=1S/C25H25N5O4/c1-17-13-28(19-11-7-4-8-12-19)24-26-22-21(29(24)14-17)23(32)30(25(33)27(22)2)15-20(31)34-16-18-9-5-3-6-10-18/h3-12,17H,13-16H2,1-2H3/t17-/m1/s1. The topological polar surface area (TPSA) is 91.4 Å². The molecule has 174 valence electrons. The number of rotatable bonds is 5. The Labute approximate surface area is 195 Å². The van der Waals surface area contributed by atoms with Crippen LogP contribution in [-0.4, -0.2) is 31.2 Å². The largest absolute Gasteiger partial charge is 0.459 e. The molecule has 1 aliphatic rings. The molecule has 9 heteroatoms. The van der Waals surface area contributed by atoms with Gasteiger partial charge in [0, 0.05) is 25.8 Å². The quantitative estimate of drug-likeness (QED) is 0.426. The van der Waals surface area contributed by atoms with E-state index in [9.17, 15) is 14.4 Å². The molecule has 0 bridgehead atoms. The van der Waals surface area contributed by atoms with E-state index < -0.39 is 23.8 Å². The van der Waals surface area contributed by atoms with Crippen LogP contribution in [0.4, 0.5) is 11.6 Å². The van der Waals surface area contributed by atoms with E-state index in [4.69, 9.17) is 4.74 Å². The summed E-state index contributed by atoms with van der Waals surface area (Å²) >= 11 is 0. The zero-order valence-electron chi connectivity index (χ0n) is 19.0. The van der Waals surface area contributed by atoms with Gasteiger partial charge in [-0.25, -0.2) is 9.36 Å². The Morgan fingerprint density at radius 2 is 1.71 bits per heavy atom. The van der Waals surface area contributed by atoms with Crippen molar-refractivity contribution in [2.75, 3.05) is 11.4 Å². The van der Waals surface area contributed by atoms with Crippen molar-refractivity contribution in [1.29, 1.82) is 0 Å². The van der Waals surface area contributed by atoms with Gasteiger partial charge < -0.3 is 14.2 Å². The summed E-state index contributed by atoms with van der Waals surface area (Å²) in [5, 5.41) is 0. The van der Waals surface area contributed by atoms with Gasteiger partial charge in [0.2, 0.25) is 5.95 Å². The normalized spacial score (nSPS) is 15.4. The molecule has 34 heavy (non-hydrogen) atoms. The van der Waals surface area contributed by atoms with Gasteiger partial charge in [-0.2, -0.15) is 4.98 Å². The van der Waals surface area contributed by atoms with Crippen LogP contribution >= 0.6 is 0 Å².